The highest BCUT2D eigenvalue weighted by Gasteiger charge is 2.04. The molecule has 0 heterocycles. The lowest BCUT2D eigenvalue weighted by Crippen LogP contribution is -2.27. The molecule has 0 bridgehead atoms. The molecule has 106 valence electrons. The highest BCUT2D eigenvalue weighted by atomic mass is 15.1. The number of rotatable bonds is 10. The minimum absolute atomic E-state index is 0.00567. The first-order valence-electron chi connectivity index (χ1n) is 6.53. The summed E-state index contributed by atoms with van der Waals surface area (Å²) in [6.07, 6.45) is 7.33. The maximum atomic E-state index is 7.41. The predicted molar refractivity (Wildman–Crippen MR) is 84.7 cm³/mol. The van der Waals surface area contributed by atoms with E-state index in [-0.39, 0.29) is 6.17 Å². The van der Waals surface area contributed by atoms with E-state index in [0.29, 0.717) is 17.8 Å². The monoisotopic (exact) mass is 263 g/mol. The molecule has 0 rings (SSSR count). The highest BCUT2D eigenvalue weighted by Crippen LogP contribution is 1.97. The van der Waals surface area contributed by atoms with Gasteiger partial charge in [-0.25, -0.2) is 0 Å². The number of nitrogens with one attached hydrogen (secondary N) is 3. The molecule has 0 radical (unpaired) electrons. The van der Waals surface area contributed by atoms with E-state index in [1.165, 1.54) is 6.21 Å². The van der Waals surface area contributed by atoms with Gasteiger partial charge in [0.15, 0.2) is 0 Å². The molecule has 1 unspecified atom stereocenters. The van der Waals surface area contributed by atoms with Gasteiger partial charge in [-0.1, -0.05) is 13.0 Å². The van der Waals surface area contributed by atoms with Crippen LogP contribution in [0.4, 0.5) is 0 Å². The fraction of sp³-hybridized carbons (Fsp3) is 0.500. The lowest BCUT2D eigenvalue weighted by Gasteiger charge is -2.11. The van der Waals surface area contributed by atoms with Gasteiger partial charge in [-0.15, -0.1) is 6.58 Å². The van der Waals surface area contributed by atoms with Gasteiger partial charge in [-0.2, -0.15) is 0 Å². The Balaban J connectivity index is 5.00. The van der Waals surface area contributed by atoms with Crippen molar-refractivity contribution in [1.82, 2.24) is 10.6 Å². The van der Waals surface area contributed by atoms with Gasteiger partial charge in [0.25, 0.3) is 0 Å². The Morgan fingerprint density at radius 1 is 1.42 bits per heavy atom. The van der Waals surface area contributed by atoms with Crippen LogP contribution in [-0.2, 0) is 0 Å². The van der Waals surface area contributed by atoms with Gasteiger partial charge < -0.3 is 10.7 Å². The van der Waals surface area contributed by atoms with Crippen LogP contribution in [0.5, 0.6) is 0 Å². The van der Waals surface area contributed by atoms with Crippen LogP contribution in [0, 0.1) is 5.41 Å². The minimum Gasteiger partial charge on any atom is -0.393 e. The van der Waals surface area contributed by atoms with Crippen molar-refractivity contribution in [3.05, 3.63) is 24.4 Å². The first kappa shape index (κ1) is 17.2. The summed E-state index contributed by atoms with van der Waals surface area (Å²) in [4.78, 5) is 8.82. The van der Waals surface area contributed by atoms with Crippen molar-refractivity contribution < 1.29 is 0 Å². The molecular formula is C14H25N5. The molecule has 0 aliphatic rings. The molecule has 0 aromatic heterocycles. The zero-order valence-corrected chi connectivity index (χ0v) is 12.1. The van der Waals surface area contributed by atoms with E-state index >= 15 is 0 Å². The molecule has 0 aliphatic heterocycles. The Morgan fingerprint density at radius 3 is 2.63 bits per heavy atom. The third kappa shape index (κ3) is 7.31. The Hall–Kier alpha value is -1.75. The molecule has 0 aromatic carbocycles. The van der Waals surface area contributed by atoms with Crippen molar-refractivity contribution in [1.29, 1.82) is 5.41 Å². The van der Waals surface area contributed by atoms with Gasteiger partial charge in [0.05, 0.1) is 5.71 Å². The van der Waals surface area contributed by atoms with E-state index in [2.05, 4.69) is 27.2 Å². The molecule has 0 aliphatic carbocycles. The molecule has 0 spiro atoms. The third-order valence-electron chi connectivity index (χ3n) is 2.29. The summed E-state index contributed by atoms with van der Waals surface area (Å²) in [5.74, 6) is 0. The Kier molecular flexibility index (Phi) is 10.3. The molecule has 5 nitrogen and oxygen atoms in total. The van der Waals surface area contributed by atoms with Gasteiger partial charge in [0.1, 0.15) is 6.17 Å². The molecule has 0 fully saturated rings. The zero-order chi connectivity index (χ0) is 14.5. The van der Waals surface area contributed by atoms with Gasteiger partial charge in [0, 0.05) is 44.2 Å². The molecule has 5 heteroatoms. The number of hydrogen-bond acceptors (Lipinski definition) is 5. The fourth-order valence-corrected chi connectivity index (χ4v) is 1.47. The molecule has 0 saturated carbocycles. The summed E-state index contributed by atoms with van der Waals surface area (Å²) in [5, 5.41) is 13.6. The Bertz CT molecular complexity index is 355. The summed E-state index contributed by atoms with van der Waals surface area (Å²) < 4.78 is 0. The lowest BCUT2D eigenvalue weighted by molar-refractivity contribution is 0.556. The first-order chi connectivity index (χ1) is 9.23. The smallest absolute Gasteiger partial charge is 0.103 e. The van der Waals surface area contributed by atoms with E-state index in [1.54, 1.807) is 19.5 Å². The van der Waals surface area contributed by atoms with E-state index in [9.17, 15) is 0 Å². The lowest BCUT2D eigenvalue weighted by atomic mass is 10.2. The number of nitrogens with zero attached hydrogens (tertiary/aromatic N) is 2. The van der Waals surface area contributed by atoms with Crippen molar-refractivity contribution in [2.24, 2.45) is 9.98 Å². The van der Waals surface area contributed by atoms with Gasteiger partial charge in [-0.05, 0) is 13.5 Å². The number of allylic oxidation sites excluding steroid dienone is 1. The van der Waals surface area contributed by atoms with Crippen molar-refractivity contribution >= 4 is 18.1 Å². The molecule has 1 atom stereocenters. The topological polar surface area (TPSA) is 72.6 Å². The second kappa shape index (κ2) is 11.3. The van der Waals surface area contributed by atoms with Crippen LogP contribution >= 0.6 is 0 Å². The predicted octanol–water partition coefficient (Wildman–Crippen LogP) is 1.78. The molecule has 3 N–H and O–H groups in total. The van der Waals surface area contributed by atoms with Crippen LogP contribution in [-0.4, -0.2) is 44.4 Å². The van der Waals surface area contributed by atoms with Crippen molar-refractivity contribution in [3.63, 3.8) is 0 Å². The van der Waals surface area contributed by atoms with Crippen molar-refractivity contribution in [3.8, 4) is 0 Å². The van der Waals surface area contributed by atoms with Crippen LogP contribution in [0.1, 0.15) is 20.3 Å². The summed E-state index contributed by atoms with van der Waals surface area (Å²) in [5.41, 5.74) is 1.42. The fourth-order valence-electron chi connectivity index (χ4n) is 1.47. The SMILES string of the molecule is C=CCC(\N=C/C(=N\CC)C(/C=N)=C/NC)NCC. The molecule has 0 aromatic rings. The van der Waals surface area contributed by atoms with Crippen LogP contribution in [0.15, 0.2) is 34.4 Å². The second-order valence-electron chi connectivity index (χ2n) is 3.77. The van der Waals surface area contributed by atoms with Crippen LogP contribution in [0.3, 0.4) is 0 Å². The Morgan fingerprint density at radius 2 is 2.16 bits per heavy atom. The summed E-state index contributed by atoms with van der Waals surface area (Å²) in [6.45, 7) is 9.23. The molecule has 0 saturated heterocycles. The summed E-state index contributed by atoms with van der Waals surface area (Å²) >= 11 is 0. The average Bonchev–Trinajstić information content (AvgIpc) is 2.41. The average molecular weight is 263 g/mol. The van der Waals surface area contributed by atoms with Crippen molar-refractivity contribution in [2.75, 3.05) is 20.1 Å². The number of hydrogen-bond donors (Lipinski definition) is 3. The summed E-state index contributed by atoms with van der Waals surface area (Å²) in [6, 6.07) is 0. The molecule has 19 heavy (non-hydrogen) atoms. The Labute approximate surface area is 116 Å². The summed E-state index contributed by atoms with van der Waals surface area (Å²) in [7, 11) is 1.80. The minimum atomic E-state index is 0.00567. The standard InChI is InChI=1S/C14H25N5/c1-5-8-14(18-7-3)19-11-13(17-6-2)12(9-15)10-16-4/h5,9-11,14-16,18H,1,6-8H2,2-4H3/b12-10+,15-9?,17-13+,19-11-. The molecular weight excluding hydrogens is 238 g/mol. The van der Waals surface area contributed by atoms with Gasteiger partial charge >= 0.3 is 0 Å². The maximum Gasteiger partial charge on any atom is 0.103 e. The normalized spacial score (nSPS) is 14.5. The van der Waals surface area contributed by atoms with Crippen molar-refractivity contribution in [2.45, 2.75) is 26.4 Å². The first-order valence-corrected chi connectivity index (χ1v) is 6.53. The molecule has 0 amide bonds. The van der Waals surface area contributed by atoms with E-state index in [1.807, 2.05) is 19.9 Å². The van der Waals surface area contributed by atoms with Gasteiger partial charge in [0.2, 0.25) is 0 Å². The van der Waals surface area contributed by atoms with Crippen LogP contribution in [0.2, 0.25) is 0 Å². The number of aliphatic imine (C=N–C) groups is 2. The largest absolute Gasteiger partial charge is 0.393 e. The van der Waals surface area contributed by atoms with E-state index in [4.69, 9.17) is 5.41 Å². The van der Waals surface area contributed by atoms with E-state index in [0.717, 1.165) is 13.0 Å². The highest BCUT2D eigenvalue weighted by molar-refractivity contribution is 6.43. The quantitative estimate of drug-likeness (QED) is 0.415. The van der Waals surface area contributed by atoms with E-state index < -0.39 is 0 Å². The van der Waals surface area contributed by atoms with Crippen LogP contribution in [0.25, 0.3) is 0 Å². The maximum absolute atomic E-state index is 7.41. The second-order valence-corrected chi connectivity index (χ2v) is 3.77. The van der Waals surface area contributed by atoms with Crippen LogP contribution < -0.4 is 10.6 Å². The van der Waals surface area contributed by atoms with Gasteiger partial charge in [-0.3, -0.25) is 15.3 Å². The zero-order valence-electron chi connectivity index (χ0n) is 12.1. The third-order valence-corrected chi connectivity index (χ3v) is 2.29.